The number of hydrogen-bond donors (Lipinski definition) is 2. The van der Waals surface area contributed by atoms with E-state index in [1.54, 1.807) is 0 Å². The Morgan fingerprint density at radius 3 is 2.31 bits per heavy atom. The van der Waals surface area contributed by atoms with Crippen LogP contribution in [0.5, 0.6) is 0 Å². The van der Waals surface area contributed by atoms with Gasteiger partial charge < -0.3 is 10.4 Å². The summed E-state index contributed by atoms with van der Waals surface area (Å²) in [5.74, 6) is -0.867. The fraction of sp³-hybridized carbons (Fsp3) is 0.818. The number of rotatable bonds is 6. The number of carboxylic acids is 1. The zero-order chi connectivity index (χ0) is 12.8. The van der Waals surface area contributed by atoms with E-state index in [1.807, 2.05) is 27.7 Å². The van der Waals surface area contributed by atoms with Crippen LogP contribution in [0.2, 0.25) is 0 Å². The molecule has 0 aromatic heterocycles. The summed E-state index contributed by atoms with van der Waals surface area (Å²) in [7, 11) is 0. The third-order valence-corrected chi connectivity index (χ3v) is 3.12. The average Bonchev–Trinajstić information content (AvgIpc) is 2.13. The van der Waals surface area contributed by atoms with E-state index in [1.165, 1.54) is 11.8 Å². The zero-order valence-electron chi connectivity index (χ0n) is 10.4. The van der Waals surface area contributed by atoms with Crippen LogP contribution in [0.25, 0.3) is 0 Å². The summed E-state index contributed by atoms with van der Waals surface area (Å²) in [5, 5.41) is 11.4. The summed E-state index contributed by atoms with van der Waals surface area (Å²) in [6.07, 6.45) is 1.21. The first-order valence-corrected chi connectivity index (χ1v) is 6.41. The Labute approximate surface area is 101 Å². The normalized spacial score (nSPS) is 13.2. The van der Waals surface area contributed by atoms with Gasteiger partial charge in [-0.2, -0.15) is 0 Å². The van der Waals surface area contributed by atoms with Crippen LogP contribution in [0.1, 0.15) is 40.5 Å². The second kappa shape index (κ2) is 6.78. The Bertz CT molecular complexity index is 248. The molecule has 0 aromatic rings. The second-order valence-corrected chi connectivity index (χ2v) is 6.45. The predicted molar refractivity (Wildman–Crippen MR) is 66.7 cm³/mol. The lowest BCUT2D eigenvalue weighted by Crippen LogP contribution is -2.41. The maximum atomic E-state index is 11.5. The molecule has 0 unspecified atom stereocenters. The zero-order valence-corrected chi connectivity index (χ0v) is 11.2. The molecule has 0 aliphatic carbocycles. The largest absolute Gasteiger partial charge is 0.480 e. The Morgan fingerprint density at radius 2 is 1.94 bits per heavy atom. The first-order valence-electron chi connectivity index (χ1n) is 5.42. The lowest BCUT2D eigenvalue weighted by molar-refractivity contribution is -0.141. The van der Waals surface area contributed by atoms with Gasteiger partial charge in [-0.1, -0.05) is 34.1 Å². The van der Waals surface area contributed by atoms with Crippen LogP contribution in [-0.2, 0) is 9.59 Å². The van der Waals surface area contributed by atoms with Crippen LogP contribution in [0.3, 0.4) is 0 Å². The van der Waals surface area contributed by atoms with Crippen molar-refractivity contribution in [1.29, 1.82) is 0 Å². The van der Waals surface area contributed by atoms with Crippen molar-refractivity contribution in [2.75, 3.05) is 5.75 Å². The van der Waals surface area contributed by atoms with E-state index in [2.05, 4.69) is 5.32 Å². The van der Waals surface area contributed by atoms with Gasteiger partial charge in [-0.3, -0.25) is 4.79 Å². The maximum absolute atomic E-state index is 11.5. The number of carboxylic acid groups (broad SMARTS) is 1. The minimum atomic E-state index is -0.962. The molecule has 0 fully saturated rings. The van der Waals surface area contributed by atoms with Gasteiger partial charge in [-0.25, -0.2) is 4.79 Å². The molecule has 1 amide bonds. The molecule has 0 rings (SSSR count). The van der Waals surface area contributed by atoms with Gasteiger partial charge in [0, 0.05) is 4.75 Å². The van der Waals surface area contributed by atoms with E-state index in [9.17, 15) is 9.59 Å². The molecular weight excluding hydrogens is 226 g/mol. The fourth-order valence-electron chi connectivity index (χ4n) is 1.06. The molecule has 94 valence electrons. The number of amides is 1. The Morgan fingerprint density at radius 1 is 1.38 bits per heavy atom. The van der Waals surface area contributed by atoms with Crippen molar-refractivity contribution in [2.45, 2.75) is 51.3 Å². The molecule has 5 heteroatoms. The molecule has 2 N–H and O–H groups in total. The van der Waals surface area contributed by atoms with E-state index in [0.29, 0.717) is 12.2 Å². The third-order valence-electron chi connectivity index (χ3n) is 1.85. The topological polar surface area (TPSA) is 66.4 Å². The summed E-state index contributed by atoms with van der Waals surface area (Å²) in [6, 6.07) is -0.752. The minimum absolute atomic E-state index is 0.0147. The number of hydrogen-bond acceptors (Lipinski definition) is 3. The predicted octanol–water partition coefficient (Wildman–Crippen LogP) is 1.89. The number of carbonyl (C=O) groups is 2. The van der Waals surface area contributed by atoms with Crippen LogP contribution in [0.15, 0.2) is 0 Å². The van der Waals surface area contributed by atoms with Crippen LogP contribution in [0, 0.1) is 0 Å². The van der Waals surface area contributed by atoms with Crippen LogP contribution in [-0.4, -0.2) is 33.5 Å². The standard InChI is InChI=1S/C11H21NO3S/c1-5-6-8(10(14)15)12-9(13)7-16-11(2,3)4/h8H,5-7H2,1-4H3,(H,12,13)(H,14,15)/t8-/m0/s1. The summed E-state index contributed by atoms with van der Waals surface area (Å²) in [4.78, 5) is 22.3. The number of nitrogens with one attached hydrogen (secondary N) is 1. The molecule has 0 heterocycles. The highest BCUT2D eigenvalue weighted by molar-refractivity contribution is 8.01. The third kappa shape index (κ3) is 7.56. The van der Waals surface area contributed by atoms with Crippen LogP contribution < -0.4 is 5.32 Å². The summed E-state index contributed by atoms with van der Waals surface area (Å²) < 4.78 is 0.0147. The quantitative estimate of drug-likeness (QED) is 0.752. The average molecular weight is 247 g/mol. The van der Waals surface area contributed by atoms with Gasteiger partial charge in [0.15, 0.2) is 0 Å². The highest BCUT2D eigenvalue weighted by atomic mass is 32.2. The van der Waals surface area contributed by atoms with Crippen molar-refractivity contribution in [2.24, 2.45) is 0 Å². The lowest BCUT2D eigenvalue weighted by Gasteiger charge is -2.18. The van der Waals surface area contributed by atoms with Crippen molar-refractivity contribution >= 4 is 23.6 Å². The molecule has 1 atom stereocenters. The second-order valence-electron chi connectivity index (χ2n) is 4.65. The maximum Gasteiger partial charge on any atom is 0.326 e. The van der Waals surface area contributed by atoms with Gasteiger partial charge in [0.1, 0.15) is 6.04 Å². The molecule has 0 spiro atoms. The van der Waals surface area contributed by atoms with Crippen LogP contribution >= 0.6 is 11.8 Å². The Hall–Kier alpha value is -0.710. The smallest absolute Gasteiger partial charge is 0.326 e. The first kappa shape index (κ1) is 15.3. The molecular formula is C11H21NO3S. The van der Waals surface area contributed by atoms with Gasteiger partial charge in [-0.15, -0.1) is 11.8 Å². The molecule has 0 bridgehead atoms. The molecule has 0 saturated heterocycles. The monoisotopic (exact) mass is 247 g/mol. The number of aliphatic carboxylic acids is 1. The van der Waals surface area contributed by atoms with Crippen molar-refractivity contribution in [3.05, 3.63) is 0 Å². The molecule has 0 radical (unpaired) electrons. The lowest BCUT2D eigenvalue weighted by atomic mass is 10.2. The van der Waals surface area contributed by atoms with E-state index < -0.39 is 12.0 Å². The van der Waals surface area contributed by atoms with Gasteiger partial charge in [0.05, 0.1) is 5.75 Å². The SMILES string of the molecule is CCC[C@H](NC(=O)CSC(C)(C)C)C(=O)O. The summed E-state index contributed by atoms with van der Waals surface area (Å²) >= 11 is 1.51. The van der Waals surface area contributed by atoms with Crippen molar-refractivity contribution in [1.82, 2.24) is 5.32 Å². The molecule has 0 saturated carbocycles. The number of carbonyl (C=O) groups excluding carboxylic acids is 1. The first-order chi connectivity index (χ1) is 7.26. The Balaban J connectivity index is 4.05. The molecule has 0 aliphatic heterocycles. The van der Waals surface area contributed by atoms with E-state index in [0.717, 1.165) is 6.42 Å². The highest BCUT2D eigenvalue weighted by Crippen LogP contribution is 2.22. The molecule has 16 heavy (non-hydrogen) atoms. The summed E-state index contributed by atoms with van der Waals surface area (Å²) in [5.41, 5.74) is 0. The van der Waals surface area contributed by atoms with Gasteiger partial charge in [-0.05, 0) is 6.42 Å². The van der Waals surface area contributed by atoms with Crippen molar-refractivity contribution < 1.29 is 14.7 Å². The molecule has 0 aromatic carbocycles. The van der Waals surface area contributed by atoms with Crippen molar-refractivity contribution in [3.63, 3.8) is 0 Å². The van der Waals surface area contributed by atoms with Gasteiger partial charge in [0.2, 0.25) is 5.91 Å². The van der Waals surface area contributed by atoms with Gasteiger partial charge >= 0.3 is 5.97 Å². The highest BCUT2D eigenvalue weighted by Gasteiger charge is 2.20. The molecule has 0 aliphatic rings. The minimum Gasteiger partial charge on any atom is -0.480 e. The van der Waals surface area contributed by atoms with Gasteiger partial charge in [0.25, 0.3) is 0 Å². The number of thioether (sulfide) groups is 1. The van der Waals surface area contributed by atoms with Crippen LogP contribution in [0.4, 0.5) is 0 Å². The van der Waals surface area contributed by atoms with E-state index in [4.69, 9.17) is 5.11 Å². The summed E-state index contributed by atoms with van der Waals surface area (Å²) in [6.45, 7) is 7.95. The van der Waals surface area contributed by atoms with E-state index in [-0.39, 0.29) is 10.7 Å². The molecule has 4 nitrogen and oxygen atoms in total. The fourth-order valence-corrected chi connectivity index (χ4v) is 1.71. The van der Waals surface area contributed by atoms with E-state index >= 15 is 0 Å². The Kier molecular flexibility index (Phi) is 6.48. The van der Waals surface area contributed by atoms with Crippen molar-refractivity contribution in [3.8, 4) is 0 Å².